The molecule has 0 saturated heterocycles. The highest BCUT2D eigenvalue weighted by Crippen LogP contribution is 2.59. The van der Waals surface area contributed by atoms with Gasteiger partial charge in [0.2, 0.25) is 0 Å². The van der Waals surface area contributed by atoms with E-state index in [0.29, 0.717) is 10.0 Å². The van der Waals surface area contributed by atoms with E-state index in [9.17, 15) is 0 Å². The maximum Gasteiger partial charge on any atom is 0.116 e. The Morgan fingerprint density at radius 2 is 0.868 bits per heavy atom. The number of rotatable bonds is 8. The predicted molar refractivity (Wildman–Crippen MR) is 168 cm³/mol. The Kier molecular flexibility index (Phi) is 10.0. The zero-order valence-corrected chi connectivity index (χ0v) is 26.0. The van der Waals surface area contributed by atoms with Gasteiger partial charge in [-0.2, -0.15) is 0 Å². The van der Waals surface area contributed by atoms with Crippen LogP contribution < -0.4 is 43.0 Å². The molecule has 0 atom stereocenters. The van der Waals surface area contributed by atoms with Crippen LogP contribution in [-0.4, -0.2) is 42.3 Å². The van der Waals surface area contributed by atoms with E-state index in [1.54, 1.807) is 0 Å². The van der Waals surface area contributed by atoms with Crippen LogP contribution in [0.5, 0.6) is 0 Å². The van der Waals surface area contributed by atoms with Gasteiger partial charge in [0.25, 0.3) is 0 Å². The summed E-state index contributed by atoms with van der Waals surface area (Å²) in [4.78, 5) is 6.41. The number of hydrogen-bond donors (Lipinski definition) is 0. The van der Waals surface area contributed by atoms with Crippen LogP contribution in [0.4, 0.5) is 17.1 Å². The van der Waals surface area contributed by atoms with Gasteiger partial charge in [-0.05, 0) is 84.9 Å². The molecule has 0 heterocycles. The first-order chi connectivity index (χ1) is 17.6. The van der Waals surface area contributed by atoms with Crippen LogP contribution in [0.2, 0.25) is 10.0 Å². The van der Waals surface area contributed by atoms with Crippen LogP contribution in [0.25, 0.3) is 0 Å². The highest BCUT2D eigenvalue weighted by atomic mass is 35.5. The van der Waals surface area contributed by atoms with E-state index in [1.165, 1.54) is 33.0 Å². The molecule has 0 aliphatic carbocycles. The van der Waals surface area contributed by atoms with Crippen molar-refractivity contribution in [3.63, 3.8) is 0 Å². The SMILES string of the molecule is CN(C)c1ccc([P+](Cc2ccc(Cl)cc2Cl)(c2ccc(N(C)C)cc2)c2ccc(N(C)C)cc2)cc1.[Cl-]. The Bertz CT molecular complexity index is 1210. The Balaban J connectivity index is 0.00000400. The van der Waals surface area contributed by atoms with Crippen molar-refractivity contribution in [2.45, 2.75) is 6.16 Å². The van der Waals surface area contributed by atoms with Crippen molar-refractivity contribution in [1.82, 2.24) is 0 Å². The fourth-order valence-electron chi connectivity index (χ4n) is 4.64. The van der Waals surface area contributed by atoms with Crippen LogP contribution in [-0.2, 0) is 6.16 Å². The first-order valence-corrected chi connectivity index (χ1v) is 15.0. The summed E-state index contributed by atoms with van der Waals surface area (Å²) in [5.41, 5.74) is 4.64. The smallest absolute Gasteiger partial charge is 0.116 e. The Morgan fingerprint density at radius 1 is 0.526 bits per heavy atom. The average Bonchev–Trinajstić information content (AvgIpc) is 2.89. The molecule has 0 radical (unpaired) electrons. The van der Waals surface area contributed by atoms with Gasteiger partial charge in [0.15, 0.2) is 0 Å². The second kappa shape index (κ2) is 12.6. The van der Waals surface area contributed by atoms with Crippen LogP contribution in [0, 0.1) is 0 Å². The van der Waals surface area contributed by atoms with Crippen molar-refractivity contribution in [2.75, 3.05) is 57.0 Å². The quantitative estimate of drug-likeness (QED) is 0.292. The molecule has 0 aliphatic rings. The topological polar surface area (TPSA) is 9.72 Å². The minimum Gasteiger partial charge on any atom is -1.00 e. The zero-order chi connectivity index (χ0) is 26.7. The summed E-state index contributed by atoms with van der Waals surface area (Å²) in [6.45, 7) is 0. The van der Waals surface area contributed by atoms with E-state index < -0.39 is 7.26 Å². The molecule has 0 bridgehead atoms. The van der Waals surface area contributed by atoms with Gasteiger partial charge < -0.3 is 27.1 Å². The molecule has 3 nitrogen and oxygen atoms in total. The molecule has 0 unspecified atom stereocenters. The molecule has 0 aliphatic heterocycles. The highest BCUT2D eigenvalue weighted by Gasteiger charge is 2.46. The van der Waals surface area contributed by atoms with E-state index in [0.717, 1.165) is 11.7 Å². The fourth-order valence-corrected chi connectivity index (χ4v) is 9.41. The first kappa shape index (κ1) is 30.1. The minimum atomic E-state index is -2.15. The van der Waals surface area contributed by atoms with Crippen molar-refractivity contribution in [3.8, 4) is 0 Å². The summed E-state index contributed by atoms with van der Waals surface area (Å²) in [6.07, 6.45) is 0.799. The van der Waals surface area contributed by atoms with Gasteiger partial charge >= 0.3 is 0 Å². The Hall–Kier alpha value is -2.42. The van der Waals surface area contributed by atoms with E-state index in [-0.39, 0.29) is 12.4 Å². The molecule has 0 saturated carbocycles. The van der Waals surface area contributed by atoms with Gasteiger partial charge in [0.05, 0.1) is 6.16 Å². The van der Waals surface area contributed by atoms with Crippen LogP contribution >= 0.6 is 30.5 Å². The molecule has 0 fully saturated rings. The maximum atomic E-state index is 6.81. The van der Waals surface area contributed by atoms with Crippen LogP contribution in [0.3, 0.4) is 0 Å². The molecule has 0 aromatic heterocycles. The molecular formula is C31H35Cl3N3P. The summed E-state index contributed by atoms with van der Waals surface area (Å²) in [5, 5.41) is 5.31. The van der Waals surface area contributed by atoms with Crippen molar-refractivity contribution >= 4 is 63.4 Å². The van der Waals surface area contributed by atoms with Crippen molar-refractivity contribution in [3.05, 3.63) is 107 Å². The molecule has 0 N–H and O–H groups in total. The summed E-state index contributed by atoms with van der Waals surface area (Å²) in [7, 11) is 10.3. The molecule has 38 heavy (non-hydrogen) atoms. The third kappa shape index (κ3) is 6.24. The average molecular weight is 587 g/mol. The molecule has 7 heteroatoms. The van der Waals surface area contributed by atoms with E-state index in [1.807, 2.05) is 12.1 Å². The molecule has 200 valence electrons. The van der Waals surface area contributed by atoms with Gasteiger partial charge in [-0.25, -0.2) is 0 Å². The van der Waals surface area contributed by atoms with Gasteiger partial charge in [-0.1, -0.05) is 29.3 Å². The second-order valence-electron chi connectivity index (χ2n) is 9.94. The van der Waals surface area contributed by atoms with Crippen molar-refractivity contribution in [1.29, 1.82) is 0 Å². The predicted octanol–water partition coefficient (Wildman–Crippen LogP) is 3.69. The molecule has 4 rings (SSSR count). The van der Waals surface area contributed by atoms with Crippen molar-refractivity contribution < 1.29 is 12.4 Å². The lowest BCUT2D eigenvalue weighted by Crippen LogP contribution is -3.00. The molecular weight excluding hydrogens is 552 g/mol. The molecule has 0 spiro atoms. The number of anilines is 3. The van der Waals surface area contributed by atoms with Gasteiger partial charge in [-0.3, -0.25) is 0 Å². The summed E-state index contributed by atoms with van der Waals surface area (Å²) >= 11 is 13.1. The maximum absolute atomic E-state index is 6.81. The minimum absolute atomic E-state index is 0. The monoisotopic (exact) mass is 585 g/mol. The molecule has 4 aromatic rings. The Labute approximate surface area is 244 Å². The zero-order valence-electron chi connectivity index (χ0n) is 22.8. The molecule has 0 amide bonds. The standard InChI is InChI=1S/C31H35Cl2N3P.ClH/c1-34(2)25-9-15-28(16-10-25)37(22-23-7-8-24(32)21-31(23)33,29-17-11-26(12-18-29)35(3)4)30-19-13-27(14-20-30)36(5)6;/h7-21H,22H2,1-6H3;1H/q+1;/p-1. The number of nitrogens with zero attached hydrogens (tertiary/aromatic N) is 3. The number of halogens is 3. The summed E-state index contributed by atoms with van der Waals surface area (Å²) in [5.74, 6) is 0. The van der Waals surface area contributed by atoms with Crippen LogP contribution in [0.15, 0.2) is 91.0 Å². The summed E-state index contributed by atoms with van der Waals surface area (Å²) in [6, 6.07) is 33.0. The first-order valence-electron chi connectivity index (χ1n) is 12.3. The Morgan fingerprint density at radius 3 is 1.16 bits per heavy atom. The van der Waals surface area contributed by atoms with E-state index >= 15 is 0 Å². The van der Waals surface area contributed by atoms with E-state index in [2.05, 4.69) is 136 Å². The fraction of sp³-hybridized carbons (Fsp3) is 0.226. The lowest BCUT2D eigenvalue weighted by Gasteiger charge is -2.29. The lowest BCUT2D eigenvalue weighted by atomic mass is 10.2. The van der Waals surface area contributed by atoms with Gasteiger partial charge in [0.1, 0.15) is 23.2 Å². The van der Waals surface area contributed by atoms with Gasteiger partial charge in [0, 0.05) is 75.0 Å². The highest BCUT2D eigenvalue weighted by molar-refractivity contribution is 7.95. The number of benzene rings is 4. The summed E-state index contributed by atoms with van der Waals surface area (Å²) < 4.78 is 0. The molecule has 4 aromatic carbocycles. The van der Waals surface area contributed by atoms with Gasteiger partial charge in [-0.15, -0.1) is 0 Å². The number of hydrogen-bond acceptors (Lipinski definition) is 3. The van der Waals surface area contributed by atoms with Crippen LogP contribution in [0.1, 0.15) is 5.56 Å². The normalized spacial score (nSPS) is 11.1. The third-order valence-corrected chi connectivity index (χ3v) is 11.8. The van der Waals surface area contributed by atoms with E-state index in [4.69, 9.17) is 23.2 Å². The largest absolute Gasteiger partial charge is 1.00 e. The third-order valence-electron chi connectivity index (χ3n) is 6.84. The second-order valence-corrected chi connectivity index (χ2v) is 14.3. The lowest BCUT2D eigenvalue weighted by molar-refractivity contribution is -0.00000734. The van der Waals surface area contributed by atoms with Crippen molar-refractivity contribution in [2.24, 2.45) is 0 Å².